The molecule has 3 rings (SSSR count). The van der Waals surface area contributed by atoms with E-state index in [2.05, 4.69) is 36.5 Å². The molecule has 0 saturated heterocycles. The third-order valence-electron chi connectivity index (χ3n) is 3.66. The molecule has 4 nitrogen and oxygen atoms in total. The maximum atomic E-state index is 12.9. The summed E-state index contributed by atoms with van der Waals surface area (Å²) in [6.07, 6.45) is -3.47. The van der Waals surface area contributed by atoms with Gasteiger partial charge in [-0.3, -0.25) is 0 Å². The Morgan fingerprint density at radius 3 is 2.59 bits per heavy atom. The van der Waals surface area contributed by atoms with Gasteiger partial charge in [0.15, 0.2) is 0 Å². The molecule has 0 aromatic carbocycles. The van der Waals surface area contributed by atoms with E-state index in [4.69, 9.17) is 0 Å². The number of rotatable bonds is 7. The van der Waals surface area contributed by atoms with Crippen molar-refractivity contribution >= 4 is 80.4 Å². The fourth-order valence-corrected chi connectivity index (χ4v) is 4.91. The molecule has 3 aromatic rings. The van der Waals surface area contributed by atoms with Crippen LogP contribution in [-0.2, 0) is 12.7 Å². The van der Waals surface area contributed by atoms with Crippen LogP contribution < -0.4 is 10.6 Å². The van der Waals surface area contributed by atoms with Crippen LogP contribution in [-0.4, -0.2) is 23.1 Å². The molecule has 0 aliphatic heterocycles. The number of aromatic nitrogens is 2. The fraction of sp³-hybridized carbons (Fsp3) is 0.400. The van der Waals surface area contributed by atoms with Gasteiger partial charge in [0.05, 0.1) is 5.52 Å². The van der Waals surface area contributed by atoms with Crippen molar-refractivity contribution in [3.63, 3.8) is 0 Å². The fourth-order valence-electron chi connectivity index (χ4n) is 2.34. The molecule has 0 atom stereocenters. The number of thiophene rings is 2. The van der Waals surface area contributed by atoms with E-state index < -0.39 is 11.1 Å². The Morgan fingerprint density at radius 2 is 1.96 bits per heavy atom. The van der Waals surface area contributed by atoms with Crippen LogP contribution >= 0.6 is 63.4 Å². The van der Waals surface area contributed by atoms with Crippen LogP contribution in [0.15, 0.2) is 15.2 Å². The molecule has 152 valence electrons. The van der Waals surface area contributed by atoms with Crippen molar-refractivity contribution in [2.75, 3.05) is 18.4 Å². The second-order valence-corrected chi connectivity index (χ2v) is 8.15. The normalized spacial score (nSPS) is 11.3. The zero-order valence-electron chi connectivity index (χ0n) is 14.1. The highest BCUT2D eigenvalue weighted by molar-refractivity contribution is 9.10. The number of imidazole rings is 1. The molecule has 0 unspecified atom stereocenters. The summed E-state index contributed by atoms with van der Waals surface area (Å²) in [6, 6.07) is 0. The molecule has 27 heavy (non-hydrogen) atoms. The Labute approximate surface area is 183 Å². The number of alkyl halides is 3. The van der Waals surface area contributed by atoms with E-state index in [1.165, 1.54) is 0 Å². The zero-order valence-corrected chi connectivity index (χ0v) is 18.9. The van der Waals surface area contributed by atoms with E-state index >= 15 is 0 Å². The quantitative estimate of drug-likeness (QED) is 0.321. The summed E-state index contributed by atoms with van der Waals surface area (Å²) < 4.78 is 38.8. The molecular weight excluding hydrogens is 508 g/mol. The highest BCUT2D eigenvalue weighted by Gasteiger charge is 2.36. The van der Waals surface area contributed by atoms with Crippen molar-refractivity contribution in [1.29, 1.82) is 0 Å². The van der Waals surface area contributed by atoms with Gasteiger partial charge in [-0.05, 0) is 41.4 Å². The molecule has 0 aliphatic carbocycles. The number of halogens is 6. The molecule has 0 saturated carbocycles. The highest BCUT2D eigenvalue weighted by Crippen LogP contribution is 2.43. The topological polar surface area (TPSA) is 52.7 Å². The van der Waals surface area contributed by atoms with E-state index in [0.29, 0.717) is 23.5 Å². The zero-order chi connectivity index (χ0) is 18.0. The van der Waals surface area contributed by atoms with Gasteiger partial charge in [-0.1, -0.05) is 0 Å². The summed E-state index contributed by atoms with van der Waals surface area (Å²) >= 11 is 5.45. The highest BCUT2D eigenvalue weighted by atomic mass is 79.9. The van der Waals surface area contributed by atoms with E-state index in [9.17, 15) is 13.2 Å². The first-order valence-electron chi connectivity index (χ1n) is 7.57. The molecule has 12 heteroatoms. The predicted octanol–water partition coefficient (Wildman–Crippen LogP) is 6.21. The number of hydrogen-bond donors (Lipinski definition) is 3. The Kier molecular flexibility index (Phi) is 9.36. The number of anilines is 1. The van der Waals surface area contributed by atoms with Crippen LogP contribution in [0.25, 0.3) is 11.0 Å². The molecule has 0 aliphatic rings. The standard InChI is InChI=1S/C15H16BrF3N4S2.2ClH/c1-8-11(25-13(12(8)16)15(17,18)19)5-20-3-2-4-21-14-22-9-6-24-7-10(9)23-14;;/h6-7,20H,2-5H2,1H3,(H2,21,22,23);2*1H. The van der Waals surface area contributed by atoms with Gasteiger partial charge < -0.3 is 15.6 Å². The van der Waals surface area contributed by atoms with Crippen LogP contribution in [0, 0.1) is 6.92 Å². The lowest BCUT2D eigenvalue weighted by Gasteiger charge is -2.05. The van der Waals surface area contributed by atoms with E-state index in [1.807, 2.05) is 10.8 Å². The van der Waals surface area contributed by atoms with Crippen LogP contribution in [0.4, 0.5) is 19.1 Å². The third-order valence-corrected chi connectivity index (χ3v) is 6.99. The number of nitrogens with zero attached hydrogens (tertiary/aromatic N) is 1. The smallest absolute Gasteiger partial charge is 0.356 e. The molecule has 0 amide bonds. The summed E-state index contributed by atoms with van der Waals surface area (Å²) in [5, 5.41) is 10.4. The maximum absolute atomic E-state index is 12.9. The van der Waals surface area contributed by atoms with Gasteiger partial charge >= 0.3 is 6.18 Å². The molecular formula is C15H18BrCl2F3N4S2. The first-order chi connectivity index (χ1) is 11.9. The van der Waals surface area contributed by atoms with Gasteiger partial charge in [0.25, 0.3) is 0 Å². The van der Waals surface area contributed by atoms with Crippen LogP contribution in [0.1, 0.15) is 21.7 Å². The predicted molar refractivity (Wildman–Crippen MR) is 115 cm³/mol. The van der Waals surface area contributed by atoms with Crippen molar-refractivity contribution in [3.05, 3.63) is 30.6 Å². The molecule has 3 N–H and O–H groups in total. The van der Waals surface area contributed by atoms with Crippen molar-refractivity contribution in [2.24, 2.45) is 0 Å². The molecule has 0 spiro atoms. The van der Waals surface area contributed by atoms with Gasteiger partial charge in [-0.2, -0.15) is 13.2 Å². The second-order valence-electron chi connectivity index (χ2n) is 5.50. The lowest BCUT2D eigenvalue weighted by Crippen LogP contribution is -2.17. The van der Waals surface area contributed by atoms with Crippen molar-refractivity contribution < 1.29 is 13.2 Å². The first kappa shape index (κ1) is 24.5. The molecule has 0 radical (unpaired) electrons. The van der Waals surface area contributed by atoms with Gasteiger partial charge in [0.2, 0.25) is 5.95 Å². The minimum Gasteiger partial charge on any atom is -0.356 e. The van der Waals surface area contributed by atoms with E-state index in [1.54, 1.807) is 18.3 Å². The van der Waals surface area contributed by atoms with Crippen LogP contribution in [0.5, 0.6) is 0 Å². The van der Waals surface area contributed by atoms with Crippen molar-refractivity contribution in [3.8, 4) is 0 Å². The number of aromatic amines is 1. The molecule has 0 fully saturated rings. The lowest BCUT2D eigenvalue weighted by atomic mass is 10.2. The SMILES string of the molecule is Cc1c(CNCCCNc2nc3cscc3[nH]2)sc(C(F)(F)F)c1Br.Cl.Cl. The molecule has 3 heterocycles. The van der Waals surface area contributed by atoms with Gasteiger partial charge in [-0.25, -0.2) is 4.98 Å². The Balaban J connectivity index is 0.00000182. The van der Waals surface area contributed by atoms with Crippen molar-refractivity contribution in [2.45, 2.75) is 26.1 Å². The van der Waals surface area contributed by atoms with Gasteiger partial charge in [-0.15, -0.1) is 47.5 Å². The summed E-state index contributed by atoms with van der Waals surface area (Å²) in [5.41, 5.74) is 2.62. The third kappa shape index (κ3) is 5.98. The summed E-state index contributed by atoms with van der Waals surface area (Å²) in [7, 11) is 0. The number of hydrogen-bond acceptors (Lipinski definition) is 5. The monoisotopic (exact) mass is 524 g/mol. The van der Waals surface area contributed by atoms with Crippen molar-refractivity contribution in [1.82, 2.24) is 15.3 Å². The largest absolute Gasteiger partial charge is 0.426 e. The summed E-state index contributed by atoms with van der Waals surface area (Å²) in [5.74, 6) is 0.741. The lowest BCUT2D eigenvalue weighted by molar-refractivity contribution is -0.134. The average molecular weight is 526 g/mol. The number of nitrogens with one attached hydrogen (secondary N) is 3. The summed E-state index contributed by atoms with van der Waals surface area (Å²) in [6.45, 7) is 3.57. The Bertz CT molecular complexity index is 835. The molecule has 0 bridgehead atoms. The summed E-state index contributed by atoms with van der Waals surface area (Å²) in [4.78, 5) is 7.72. The second kappa shape index (κ2) is 10.3. The van der Waals surface area contributed by atoms with Crippen LogP contribution in [0.3, 0.4) is 0 Å². The van der Waals surface area contributed by atoms with E-state index in [-0.39, 0.29) is 29.3 Å². The van der Waals surface area contributed by atoms with E-state index in [0.717, 1.165) is 41.3 Å². The van der Waals surface area contributed by atoms with Gasteiger partial charge in [0, 0.05) is 33.2 Å². The molecule has 3 aromatic heterocycles. The minimum atomic E-state index is -4.31. The Morgan fingerprint density at radius 1 is 1.22 bits per heavy atom. The van der Waals surface area contributed by atoms with Gasteiger partial charge in [0.1, 0.15) is 10.4 Å². The Hall–Kier alpha value is -0.520. The average Bonchev–Trinajstić information content (AvgIpc) is 3.18. The minimum absolute atomic E-state index is 0. The van der Waals surface area contributed by atoms with Crippen LogP contribution in [0.2, 0.25) is 0 Å². The first-order valence-corrected chi connectivity index (χ1v) is 10.1. The maximum Gasteiger partial charge on any atom is 0.426 e. The number of fused-ring (bicyclic) bond motifs is 1. The number of H-pyrrole nitrogens is 1.